The predicted octanol–water partition coefficient (Wildman–Crippen LogP) is 1.33. The molecule has 0 saturated carbocycles. The first-order valence-corrected chi connectivity index (χ1v) is 5.55. The van der Waals surface area contributed by atoms with Crippen LogP contribution in [0.2, 0.25) is 0 Å². The van der Waals surface area contributed by atoms with E-state index in [1.165, 1.54) is 6.42 Å². The van der Waals surface area contributed by atoms with Crippen LogP contribution in [-0.2, 0) is 11.8 Å². The molecule has 2 atom stereocenters. The molecule has 1 saturated heterocycles. The van der Waals surface area contributed by atoms with E-state index in [1.807, 2.05) is 18.7 Å². The Morgan fingerprint density at radius 1 is 1.67 bits per heavy atom. The molecule has 84 valence electrons. The number of aromatic nitrogens is 2. The van der Waals surface area contributed by atoms with Gasteiger partial charge in [0.2, 0.25) is 0 Å². The summed E-state index contributed by atoms with van der Waals surface area (Å²) in [5, 5.41) is 4.51. The standard InChI is InChI=1S/C11H19N3O/c1-8(12)11-6-10(13-14(11)2)9-4-3-5-15-7-9/h6,8-9H,3-5,7,12H2,1-2H3/t8-,9?/m0/s1. The first-order chi connectivity index (χ1) is 7.18. The summed E-state index contributed by atoms with van der Waals surface area (Å²) >= 11 is 0. The Morgan fingerprint density at radius 2 is 2.47 bits per heavy atom. The van der Waals surface area contributed by atoms with Crippen molar-refractivity contribution in [3.8, 4) is 0 Å². The Bertz CT molecular complexity index is 327. The smallest absolute Gasteiger partial charge is 0.0681 e. The quantitative estimate of drug-likeness (QED) is 0.799. The van der Waals surface area contributed by atoms with Gasteiger partial charge in [-0.05, 0) is 25.8 Å². The number of nitrogens with zero attached hydrogens (tertiary/aromatic N) is 2. The van der Waals surface area contributed by atoms with E-state index in [0.29, 0.717) is 5.92 Å². The van der Waals surface area contributed by atoms with Crippen LogP contribution in [0.3, 0.4) is 0 Å². The van der Waals surface area contributed by atoms with Gasteiger partial charge in [-0.3, -0.25) is 4.68 Å². The number of nitrogens with two attached hydrogens (primary N) is 1. The van der Waals surface area contributed by atoms with Gasteiger partial charge in [-0.25, -0.2) is 0 Å². The second kappa shape index (κ2) is 4.33. The van der Waals surface area contributed by atoms with E-state index in [0.717, 1.165) is 31.0 Å². The van der Waals surface area contributed by atoms with E-state index >= 15 is 0 Å². The van der Waals surface area contributed by atoms with Gasteiger partial charge >= 0.3 is 0 Å². The minimum Gasteiger partial charge on any atom is -0.381 e. The van der Waals surface area contributed by atoms with Crippen LogP contribution < -0.4 is 5.73 Å². The van der Waals surface area contributed by atoms with Crippen molar-refractivity contribution in [1.29, 1.82) is 0 Å². The van der Waals surface area contributed by atoms with Crippen molar-refractivity contribution in [1.82, 2.24) is 9.78 Å². The summed E-state index contributed by atoms with van der Waals surface area (Å²) in [6.45, 7) is 3.68. The molecule has 0 radical (unpaired) electrons. The van der Waals surface area contributed by atoms with Gasteiger partial charge in [0.15, 0.2) is 0 Å². The van der Waals surface area contributed by atoms with Crippen LogP contribution in [0.15, 0.2) is 6.07 Å². The van der Waals surface area contributed by atoms with Crippen LogP contribution in [0.5, 0.6) is 0 Å². The summed E-state index contributed by atoms with van der Waals surface area (Å²) in [6.07, 6.45) is 2.31. The summed E-state index contributed by atoms with van der Waals surface area (Å²) in [5.41, 5.74) is 8.09. The Balaban J connectivity index is 2.17. The third-order valence-corrected chi connectivity index (χ3v) is 2.98. The second-order valence-electron chi connectivity index (χ2n) is 4.32. The average molecular weight is 209 g/mol. The normalized spacial score (nSPS) is 24.1. The van der Waals surface area contributed by atoms with Crippen molar-refractivity contribution in [2.45, 2.75) is 31.7 Å². The molecule has 1 aromatic heterocycles. The Hall–Kier alpha value is -0.870. The van der Waals surface area contributed by atoms with Gasteiger partial charge in [0.1, 0.15) is 0 Å². The van der Waals surface area contributed by atoms with Crippen LogP contribution >= 0.6 is 0 Å². The maximum atomic E-state index is 5.87. The fraction of sp³-hybridized carbons (Fsp3) is 0.727. The van der Waals surface area contributed by atoms with Gasteiger partial charge in [-0.15, -0.1) is 0 Å². The van der Waals surface area contributed by atoms with E-state index in [1.54, 1.807) is 0 Å². The average Bonchev–Trinajstić information content (AvgIpc) is 2.62. The number of hydrogen-bond donors (Lipinski definition) is 1. The third kappa shape index (κ3) is 2.21. The molecule has 2 N–H and O–H groups in total. The van der Waals surface area contributed by atoms with Crippen molar-refractivity contribution in [2.24, 2.45) is 12.8 Å². The van der Waals surface area contributed by atoms with Gasteiger partial charge in [-0.2, -0.15) is 5.10 Å². The lowest BCUT2D eigenvalue weighted by atomic mass is 9.98. The minimum absolute atomic E-state index is 0.0424. The summed E-state index contributed by atoms with van der Waals surface area (Å²) in [7, 11) is 1.95. The highest BCUT2D eigenvalue weighted by Gasteiger charge is 2.20. The van der Waals surface area contributed by atoms with Crippen molar-refractivity contribution in [2.75, 3.05) is 13.2 Å². The molecule has 0 spiro atoms. The Labute approximate surface area is 90.4 Å². The number of aryl methyl sites for hydroxylation is 1. The lowest BCUT2D eigenvalue weighted by molar-refractivity contribution is 0.0791. The van der Waals surface area contributed by atoms with Gasteiger partial charge in [0.25, 0.3) is 0 Å². The molecule has 1 fully saturated rings. The highest BCUT2D eigenvalue weighted by atomic mass is 16.5. The van der Waals surface area contributed by atoms with E-state index in [9.17, 15) is 0 Å². The lowest BCUT2D eigenvalue weighted by Crippen LogP contribution is -2.16. The molecule has 1 aliphatic heterocycles. The molecule has 0 bridgehead atoms. The molecular formula is C11H19N3O. The summed E-state index contributed by atoms with van der Waals surface area (Å²) in [5.74, 6) is 0.456. The fourth-order valence-corrected chi connectivity index (χ4v) is 2.10. The number of rotatable bonds is 2. The molecule has 0 aromatic carbocycles. The maximum Gasteiger partial charge on any atom is 0.0681 e. The molecule has 1 aliphatic rings. The van der Waals surface area contributed by atoms with Crippen molar-refractivity contribution in [3.05, 3.63) is 17.5 Å². The van der Waals surface area contributed by atoms with Crippen molar-refractivity contribution < 1.29 is 4.74 Å². The summed E-state index contributed by atoms with van der Waals surface area (Å²) < 4.78 is 7.35. The molecule has 1 aromatic rings. The van der Waals surface area contributed by atoms with Crippen LogP contribution in [0.1, 0.15) is 43.1 Å². The fourth-order valence-electron chi connectivity index (χ4n) is 2.10. The zero-order chi connectivity index (χ0) is 10.8. The molecule has 0 aliphatic carbocycles. The minimum atomic E-state index is 0.0424. The van der Waals surface area contributed by atoms with Gasteiger partial charge in [0, 0.05) is 25.6 Å². The zero-order valence-electron chi connectivity index (χ0n) is 9.44. The molecule has 2 heterocycles. The first-order valence-electron chi connectivity index (χ1n) is 5.55. The zero-order valence-corrected chi connectivity index (χ0v) is 9.44. The topological polar surface area (TPSA) is 53.1 Å². The monoisotopic (exact) mass is 209 g/mol. The Kier molecular flexibility index (Phi) is 3.07. The van der Waals surface area contributed by atoms with E-state index in [-0.39, 0.29) is 6.04 Å². The largest absolute Gasteiger partial charge is 0.381 e. The summed E-state index contributed by atoms with van der Waals surface area (Å²) in [4.78, 5) is 0. The lowest BCUT2D eigenvalue weighted by Gasteiger charge is -2.19. The maximum absolute atomic E-state index is 5.87. The third-order valence-electron chi connectivity index (χ3n) is 2.98. The second-order valence-corrected chi connectivity index (χ2v) is 4.32. The highest BCUT2D eigenvalue weighted by Crippen LogP contribution is 2.25. The first kappa shape index (κ1) is 10.6. The van der Waals surface area contributed by atoms with Crippen LogP contribution in [0, 0.1) is 0 Å². The number of ether oxygens (including phenoxy) is 1. The van der Waals surface area contributed by atoms with E-state index in [2.05, 4.69) is 11.2 Å². The Morgan fingerprint density at radius 3 is 3.00 bits per heavy atom. The molecule has 1 unspecified atom stereocenters. The van der Waals surface area contributed by atoms with Crippen LogP contribution in [0.4, 0.5) is 0 Å². The molecule has 4 heteroatoms. The van der Waals surface area contributed by atoms with Crippen LogP contribution in [0.25, 0.3) is 0 Å². The summed E-state index contributed by atoms with van der Waals surface area (Å²) in [6, 6.07) is 2.16. The van der Waals surface area contributed by atoms with Gasteiger partial charge in [-0.1, -0.05) is 0 Å². The number of hydrogen-bond acceptors (Lipinski definition) is 3. The van der Waals surface area contributed by atoms with Crippen molar-refractivity contribution >= 4 is 0 Å². The van der Waals surface area contributed by atoms with Gasteiger partial charge < -0.3 is 10.5 Å². The van der Waals surface area contributed by atoms with Gasteiger partial charge in [0.05, 0.1) is 18.0 Å². The van der Waals surface area contributed by atoms with E-state index in [4.69, 9.17) is 10.5 Å². The van der Waals surface area contributed by atoms with E-state index < -0.39 is 0 Å². The van der Waals surface area contributed by atoms with Crippen LogP contribution in [-0.4, -0.2) is 23.0 Å². The molecule has 4 nitrogen and oxygen atoms in total. The van der Waals surface area contributed by atoms with Crippen molar-refractivity contribution in [3.63, 3.8) is 0 Å². The predicted molar refractivity (Wildman–Crippen MR) is 58.6 cm³/mol. The molecule has 0 amide bonds. The molecule has 15 heavy (non-hydrogen) atoms. The highest BCUT2D eigenvalue weighted by molar-refractivity contribution is 5.17. The SMILES string of the molecule is C[C@H](N)c1cc(C2CCCOC2)nn1C. The molecular weight excluding hydrogens is 190 g/mol. The molecule has 2 rings (SSSR count).